The molecule has 1 aliphatic rings. The number of aliphatic hydroxyl groups excluding tert-OH is 1. The number of hydrogen-bond acceptors (Lipinski definition) is 3. The van der Waals surface area contributed by atoms with Crippen LogP contribution in [0.3, 0.4) is 0 Å². The SMILES string of the molecule is COc1ccc(C(O)C2CCOC2)c2ccccc12. The number of aliphatic hydroxyl groups is 1. The maximum atomic E-state index is 10.6. The second-order valence-corrected chi connectivity index (χ2v) is 4.97. The van der Waals surface area contributed by atoms with Gasteiger partial charge in [0.15, 0.2) is 0 Å². The lowest BCUT2D eigenvalue weighted by Crippen LogP contribution is -2.12. The molecule has 1 heterocycles. The molecular weight excluding hydrogens is 240 g/mol. The highest BCUT2D eigenvalue weighted by Gasteiger charge is 2.26. The summed E-state index contributed by atoms with van der Waals surface area (Å²) in [4.78, 5) is 0. The zero-order valence-electron chi connectivity index (χ0n) is 11.0. The first-order valence-electron chi connectivity index (χ1n) is 6.62. The minimum absolute atomic E-state index is 0.191. The van der Waals surface area contributed by atoms with Crippen LogP contribution < -0.4 is 4.74 Å². The van der Waals surface area contributed by atoms with E-state index in [-0.39, 0.29) is 5.92 Å². The zero-order valence-corrected chi connectivity index (χ0v) is 11.0. The molecule has 0 saturated carbocycles. The molecule has 1 fully saturated rings. The average Bonchev–Trinajstić information content (AvgIpc) is 2.99. The molecule has 19 heavy (non-hydrogen) atoms. The van der Waals surface area contributed by atoms with Crippen molar-refractivity contribution in [1.82, 2.24) is 0 Å². The van der Waals surface area contributed by atoms with E-state index in [1.54, 1.807) is 7.11 Å². The van der Waals surface area contributed by atoms with Gasteiger partial charge in [0.25, 0.3) is 0 Å². The van der Waals surface area contributed by atoms with Crippen molar-refractivity contribution in [1.29, 1.82) is 0 Å². The van der Waals surface area contributed by atoms with Crippen LogP contribution in [0.4, 0.5) is 0 Å². The second-order valence-electron chi connectivity index (χ2n) is 4.97. The van der Waals surface area contributed by atoms with Crippen LogP contribution in [-0.4, -0.2) is 25.4 Å². The van der Waals surface area contributed by atoms with E-state index in [0.717, 1.165) is 35.1 Å². The molecule has 2 atom stereocenters. The third-order valence-corrected chi connectivity index (χ3v) is 3.87. The molecule has 0 radical (unpaired) electrons. The number of fused-ring (bicyclic) bond motifs is 1. The van der Waals surface area contributed by atoms with Gasteiger partial charge in [-0.15, -0.1) is 0 Å². The van der Waals surface area contributed by atoms with Crippen LogP contribution >= 0.6 is 0 Å². The van der Waals surface area contributed by atoms with E-state index in [1.165, 1.54) is 0 Å². The number of ether oxygens (including phenoxy) is 2. The van der Waals surface area contributed by atoms with E-state index >= 15 is 0 Å². The molecule has 2 aromatic rings. The lowest BCUT2D eigenvalue weighted by Gasteiger charge is -2.19. The molecule has 3 rings (SSSR count). The van der Waals surface area contributed by atoms with Gasteiger partial charge in [-0.1, -0.05) is 30.3 Å². The van der Waals surface area contributed by atoms with E-state index < -0.39 is 6.10 Å². The minimum atomic E-state index is -0.474. The predicted octanol–water partition coefficient (Wildman–Crippen LogP) is 2.92. The summed E-state index contributed by atoms with van der Waals surface area (Å²) in [5.74, 6) is 1.03. The van der Waals surface area contributed by atoms with Crippen LogP contribution in [0, 0.1) is 5.92 Å². The Morgan fingerprint density at radius 2 is 2.00 bits per heavy atom. The second kappa shape index (κ2) is 5.19. The van der Waals surface area contributed by atoms with Gasteiger partial charge in [-0.3, -0.25) is 0 Å². The van der Waals surface area contributed by atoms with Crippen LogP contribution in [0.2, 0.25) is 0 Å². The topological polar surface area (TPSA) is 38.7 Å². The van der Waals surface area contributed by atoms with E-state index in [0.29, 0.717) is 6.61 Å². The highest BCUT2D eigenvalue weighted by atomic mass is 16.5. The van der Waals surface area contributed by atoms with Crippen LogP contribution in [-0.2, 0) is 4.74 Å². The van der Waals surface area contributed by atoms with Crippen molar-refractivity contribution >= 4 is 10.8 Å². The fraction of sp³-hybridized carbons (Fsp3) is 0.375. The first-order valence-corrected chi connectivity index (χ1v) is 6.62. The Balaban J connectivity index is 2.08. The Hall–Kier alpha value is -1.58. The quantitative estimate of drug-likeness (QED) is 0.920. The van der Waals surface area contributed by atoms with Gasteiger partial charge in [0.1, 0.15) is 5.75 Å². The predicted molar refractivity (Wildman–Crippen MR) is 74.4 cm³/mol. The maximum absolute atomic E-state index is 10.6. The highest BCUT2D eigenvalue weighted by molar-refractivity contribution is 5.91. The maximum Gasteiger partial charge on any atom is 0.126 e. The molecule has 1 aliphatic heterocycles. The van der Waals surface area contributed by atoms with Gasteiger partial charge in [0.2, 0.25) is 0 Å². The average molecular weight is 258 g/mol. The summed E-state index contributed by atoms with van der Waals surface area (Å²) >= 11 is 0. The van der Waals surface area contributed by atoms with E-state index in [9.17, 15) is 5.11 Å². The number of rotatable bonds is 3. The van der Waals surface area contributed by atoms with E-state index in [2.05, 4.69) is 0 Å². The molecular formula is C16H18O3. The minimum Gasteiger partial charge on any atom is -0.496 e. The molecule has 100 valence electrons. The summed E-state index contributed by atoms with van der Waals surface area (Å²) in [6.07, 6.45) is 0.444. The van der Waals surface area contributed by atoms with E-state index in [1.807, 2.05) is 36.4 Å². The smallest absolute Gasteiger partial charge is 0.126 e. The molecule has 0 bridgehead atoms. The molecule has 0 spiro atoms. The zero-order chi connectivity index (χ0) is 13.2. The van der Waals surface area contributed by atoms with Gasteiger partial charge in [0.05, 0.1) is 19.8 Å². The first-order chi connectivity index (χ1) is 9.31. The van der Waals surface area contributed by atoms with Gasteiger partial charge in [-0.2, -0.15) is 0 Å². The van der Waals surface area contributed by atoms with Gasteiger partial charge in [-0.05, 0) is 23.4 Å². The Labute approximate surface area is 112 Å². The third kappa shape index (κ3) is 2.20. The van der Waals surface area contributed by atoms with Crippen molar-refractivity contribution in [2.75, 3.05) is 20.3 Å². The molecule has 0 aromatic heterocycles. The molecule has 0 amide bonds. The molecule has 3 nitrogen and oxygen atoms in total. The van der Waals surface area contributed by atoms with Crippen LogP contribution in [0.15, 0.2) is 36.4 Å². The van der Waals surface area contributed by atoms with Crippen molar-refractivity contribution in [2.45, 2.75) is 12.5 Å². The molecule has 2 aromatic carbocycles. The summed E-state index contributed by atoms with van der Waals surface area (Å²) in [5.41, 5.74) is 0.965. The third-order valence-electron chi connectivity index (χ3n) is 3.87. The molecule has 3 heteroatoms. The Bertz CT molecular complexity index is 573. The first kappa shape index (κ1) is 12.5. The number of methoxy groups -OCH3 is 1. The summed E-state index contributed by atoms with van der Waals surface area (Å²) in [5, 5.41) is 12.7. The van der Waals surface area contributed by atoms with E-state index in [4.69, 9.17) is 9.47 Å². The highest BCUT2D eigenvalue weighted by Crippen LogP contribution is 2.36. The largest absolute Gasteiger partial charge is 0.496 e. The van der Waals surface area contributed by atoms with Gasteiger partial charge in [0, 0.05) is 17.9 Å². The van der Waals surface area contributed by atoms with Crippen molar-refractivity contribution in [3.05, 3.63) is 42.0 Å². The standard InChI is InChI=1S/C16H18O3/c1-18-15-7-6-14(12-4-2-3-5-13(12)15)16(17)11-8-9-19-10-11/h2-7,11,16-17H,8-10H2,1H3. The Morgan fingerprint density at radius 1 is 1.21 bits per heavy atom. The van der Waals surface area contributed by atoms with Crippen LogP contribution in [0.25, 0.3) is 10.8 Å². The summed E-state index contributed by atoms with van der Waals surface area (Å²) < 4.78 is 10.8. The van der Waals surface area contributed by atoms with Crippen molar-refractivity contribution in [2.24, 2.45) is 5.92 Å². The molecule has 0 aliphatic carbocycles. The molecule has 2 unspecified atom stereocenters. The summed E-state index contributed by atoms with van der Waals surface area (Å²) in [6.45, 7) is 1.39. The lowest BCUT2D eigenvalue weighted by molar-refractivity contribution is 0.0929. The van der Waals surface area contributed by atoms with Gasteiger partial charge < -0.3 is 14.6 Å². The molecule has 1 N–H and O–H groups in total. The van der Waals surface area contributed by atoms with Crippen molar-refractivity contribution in [3.63, 3.8) is 0 Å². The van der Waals surface area contributed by atoms with Gasteiger partial charge in [-0.25, -0.2) is 0 Å². The van der Waals surface area contributed by atoms with Gasteiger partial charge >= 0.3 is 0 Å². The Kier molecular flexibility index (Phi) is 3.40. The Morgan fingerprint density at radius 3 is 2.68 bits per heavy atom. The monoisotopic (exact) mass is 258 g/mol. The van der Waals surface area contributed by atoms with Crippen LogP contribution in [0.1, 0.15) is 18.1 Å². The fourth-order valence-corrected chi connectivity index (χ4v) is 2.79. The van der Waals surface area contributed by atoms with Crippen molar-refractivity contribution in [3.8, 4) is 5.75 Å². The number of benzene rings is 2. The van der Waals surface area contributed by atoms with Crippen molar-refractivity contribution < 1.29 is 14.6 Å². The summed E-state index contributed by atoms with van der Waals surface area (Å²) in [6, 6.07) is 11.9. The number of hydrogen-bond donors (Lipinski definition) is 1. The summed E-state index contributed by atoms with van der Waals surface area (Å²) in [7, 11) is 1.67. The van der Waals surface area contributed by atoms with Crippen LogP contribution in [0.5, 0.6) is 5.75 Å². The normalized spacial score (nSPS) is 20.6. The fourth-order valence-electron chi connectivity index (χ4n) is 2.79. The molecule has 1 saturated heterocycles. The lowest BCUT2D eigenvalue weighted by atomic mass is 9.91.